The molecule has 0 aliphatic heterocycles. The number of hydrogen-bond donors (Lipinski definition) is 0. The van der Waals surface area contributed by atoms with Crippen molar-refractivity contribution in [3.8, 4) is 5.75 Å². The summed E-state index contributed by atoms with van der Waals surface area (Å²) in [6.07, 6.45) is 3.43. The van der Waals surface area contributed by atoms with Gasteiger partial charge in [0, 0.05) is 15.4 Å². The third-order valence-electron chi connectivity index (χ3n) is 4.29. The number of aryl methyl sites for hydroxylation is 1. The maximum Gasteiger partial charge on any atom is 0.123 e. The summed E-state index contributed by atoms with van der Waals surface area (Å²) in [4.78, 5) is 0.263. The van der Waals surface area contributed by atoms with E-state index >= 15 is 0 Å². The largest absolute Gasteiger partial charge is 0.496 e. The molecule has 2 atom stereocenters. The van der Waals surface area contributed by atoms with Crippen molar-refractivity contribution < 1.29 is 4.74 Å². The van der Waals surface area contributed by atoms with E-state index in [0.29, 0.717) is 5.92 Å². The van der Waals surface area contributed by atoms with Crippen molar-refractivity contribution in [1.29, 1.82) is 0 Å². The molecule has 2 unspecified atom stereocenters. The van der Waals surface area contributed by atoms with Crippen LogP contribution in [0.25, 0.3) is 0 Å². The van der Waals surface area contributed by atoms with Gasteiger partial charge in [0.25, 0.3) is 0 Å². The first-order chi connectivity index (χ1) is 10.2. The monoisotopic (exact) mass is 364 g/mol. The van der Waals surface area contributed by atoms with Crippen molar-refractivity contribution in [3.05, 3.63) is 64.2 Å². The molecule has 0 fully saturated rings. The normalized spacial score (nSPS) is 18.9. The van der Waals surface area contributed by atoms with Crippen LogP contribution in [0.5, 0.6) is 5.75 Å². The summed E-state index contributed by atoms with van der Waals surface area (Å²) in [5.41, 5.74) is 4.11. The van der Waals surface area contributed by atoms with E-state index in [9.17, 15) is 0 Å². The van der Waals surface area contributed by atoms with Gasteiger partial charge < -0.3 is 4.74 Å². The SMILES string of the molecule is COc1ccc(Cl)cc1C(Br)C1CCc2ccccc2C1. The molecule has 0 N–H and O–H groups in total. The minimum Gasteiger partial charge on any atom is -0.496 e. The van der Waals surface area contributed by atoms with Crippen molar-refractivity contribution in [2.24, 2.45) is 5.92 Å². The zero-order chi connectivity index (χ0) is 14.8. The van der Waals surface area contributed by atoms with Gasteiger partial charge in [-0.05, 0) is 54.5 Å². The summed E-state index contributed by atoms with van der Waals surface area (Å²) in [5.74, 6) is 1.47. The van der Waals surface area contributed by atoms with Gasteiger partial charge in [-0.15, -0.1) is 0 Å². The average molecular weight is 366 g/mol. The van der Waals surface area contributed by atoms with E-state index in [1.807, 2.05) is 18.2 Å². The van der Waals surface area contributed by atoms with E-state index < -0.39 is 0 Å². The maximum atomic E-state index is 6.16. The molecule has 0 bridgehead atoms. The Morgan fingerprint density at radius 2 is 1.95 bits per heavy atom. The molecule has 0 saturated carbocycles. The second kappa shape index (κ2) is 6.41. The molecule has 2 aromatic rings. The Morgan fingerprint density at radius 1 is 1.19 bits per heavy atom. The molecule has 2 aromatic carbocycles. The second-order valence-electron chi connectivity index (χ2n) is 5.56. The first kappa shape index (κ1) is 14.9. The molecule has 0 spiro atoms. The Bertz CT molecular complexity index is 641. The van der Waals surface area contributed by atoms with Gasteiger partial charge in [-0.3, -0.25) is 0 Å². The Labute approximate surface area is 139 Å². The van der Waals surface area contributed by atoms with Gasteiger partial charge in [0.2, 0.25) is 0 Å². The van der Waals surface area contributed by atoms with Crippen LogP contribution in [0.2, 0.25) is 5.02 Å². The predicted octanol–water partition coefficient (Wildman–Crippen LogP) is 5.59. The molecule has 21 heavy (non-hydrogen) atoms. The van der Waals surface area contributed by atoms with Gasteiger partial charge in [0.1, 0.15) is 5.75 Å². The van der Waals surface area contributed by atoms with Crippen LogP contribution < -0.4 is 4.74 Å². The molecule has 0 saturated heterocycles. The van der Waals surface area contributed by atoms with Crippen molar-refractivity contribution in [3.63, 3.8) is 0 Å². The van der Waals surface area contributed by atoms with Crippen LogP contribution in [-0.4, -0.2) is 7.11 Å². The van der Waals surface area contributed by atoms with E-state index in [4.69, 9.17) is 16.3 Å². The van der Waals surface area contributed by atoms with Crippen LogP contribution in [0.1, 0.15) is 27.9 Å². The van der Waals surface area contributed by atoms with Crippen molar-refractivity contribution in [1.82, 2.24) is 0 Å². The molecule has 0 heterocycles. The number of ether oxygens (including phenoxy) is 1. The fraction of sp³-hybridized carbons (Fsp3) is 0.333. The Morgan fingerprint density at radius 3 is 2.71 bits per heavy atom. The summed E-state index contributed by atoms with van der Waals surface area (Å²) in [6, 6.07) is 14.6. The van der Waals surface area contributed by atoms with Crippen molar-refractivity contribution in [2.75, 3.05) is 7.11 Å². The minimum atomic E-state index is 0.263. The molecule has 1 nitrogen and oxygen atoms in total. The van der Waals surface area contributed by atoms with Crippen LogP contribution in [-0.2, 0) is 12.8 Å². The first-order valence-corrected chi connectivity index (χ1v) is 8.52. The molecule has 1 aliphatic rings. The smallest absolute Gasteiger partial charge is 0.123 e. The van der Waals surface area contributed by atoms with Gasteiger partial charge in [-0.2, -0.15) is 0 Å². The number of fused-ring (bicyclic) bond motifs is 1. The summed E-state index contributed by atoms with van der Waals surface area (Å²) < 4.78 is 5.49. The van der Waals surface area contributed by atoms with E-state index in [1.165, 1.54) is 17.5 Å². The van der Waals surface area contributed by atoms with Gasteiger partial charge in [0.05, 0.1) is 7.11 Å². The topological polar surface area (TPSA) is 9.23 Å². The van der Waals surface area contributed by atoms with Crippen molar-refractivity contribution >= 4 is 27.5 Å². The number of benzene rings is 2. The minimum absolute atomic E-state index is 0.263. The van der Waals surface area contributed by atoms with Gasteiger partial charge >= 0.3 is 0 Å². The van der Waals surface area contributed by atoms with Crippen LogP contribution in [0.3, 0.4) is 0 Å². The number of hydrogen-bond acceptors (Lipinski definition) is 1. The molecule has 0 radical (unpaired) electrons. The van der Waals surface area contributed by atoms with Crippen LogP contribution in [0.15, 0.2) is 42.5 Å². The molecule has 0 amide bonds. The average Bonchev–Trinajstić information content (AvgIpc) is 2.53. The lowest BCUT2D eigenvalue weighted by molar-refractivity contribution is 0.396. The molecule has 110 valence electrons. The third-order valence-corrected chi connectivity index (χ3v) is 5.76. The molecular weight excluding hydrogens is 348 g/mol. The van der Waals surface area contributed by atoms with E-state index in [2.05, 4.69) is 40.2 Å². The predicted molar refractivity (Wildman–Crippen MR) is 91.6 cm³/mol. The van der Waals surface area contributed by atoms with Crippen LogP contribution in [0, 0.1) is 5.92 Å². The van der Waals surface area contributed by atoms with E-state index in [1.54, 1.807) is 7.11 Å². The molecule has 3 heteroatoms. The third kappa shape index (κ3) is 3.12. The summed E-state index contributed by atoms with van der Waals surface area (Å²) in [5, 5.41) is 0.756. The fourth-order valence-electron chi connectivity index (χ4n) is 3.15. The van der Waals surface area contributed by atoms with E-state index in [-0.39, 0.29) is 4.83 Å². The Hall–Kier alpha value is -0.990. The number of halogens is 2. The fourth-order valence-corrected chi connectivity index (χ4v) is 4.14. The highest BCUT2D eigenvalue weighted by atomic mass is 79.9. The highest BCUT2D eigenvalue weighted by Gasteiger charge is 2.27. The highest BCUT2D eigenvalue weighted by Crippen LogP contribution is 2.43. The lowest BCUT2D eigenvalue weighted by atomic mass is 9.80. The molecule has 1 aliphatic carbocycles. The summed E-state index contributed by atoms with van der Waals surface area (Å²) in [6.45, 7) is 0. The number of rotatable bonds is 3. The summed E-state index contributed by atoms with van der Waals surface area (Å²) in [7, 11) is 1.71. The standard InChI is InChI=1S/C18H18BrClO/c1-21-17-9-8-15(20)11-16(17)18(19)14-7-6-12-4-2-3-5-13(12)10-14/h2-5,8-9,11,14,18H,6-7,10H2,1H3. The maximum absolute atomic E-state index is 6.16. The highest BCUT2D eigenvalue weighted by molar-refractivity contribution is 9.09. The van der Waals surface area contributed by atoms with E-state index in [0.717, 1.165) is 29.2 Å². The quantitative estimate of drug-likeness (QED) is 0.644. The van der Waals surface area contributed by atoms with Crippen molar-refractivity contribution in [2.45, 2.75) is 24.1 Å². The van der Waals surface area contributed by atoms with Crippen LogP contribution in [0.4, 0.5) is 0 Å². The van der Waals surface area contributed by atoms with Gasteiger partial charge in [-0.25, -0.2) is 0 Å². The molecule has 0 aromatic heterocycles. The number of methoxy groups -OCH3 is 1. The van der Waals surface area contributed by atoms with Crippen LogP contribution >= 0.6 is 27.5 Å². The second-order valence-corrected chi connectivity index (χ2v) is 6.98. The number of alkyl halides is 1. The van der Waals surface area contributed by atoms with Gasteiger partial charge in [0.15, 0.2) is 0 Å². The lowest BCUT2D eigenvalue weighted by Gasteiger charge is -2.29. The Kier molecular flexibility index (Phi) is 4.56. The molecular formula is C18H18BrClO. The summed E-state index contributed by atoms with van der Waals surface area (Å²) >= 11 is 10.0. The molecule has 3 rings (SSSR count). The first-order valence-electron chi connectivity index (χ1n) is 7.23. The Balaban J connectivity index is 1.87. The zero-order valence-electron chi connectivity index (χ0n) is 12.0. The lowest BCUT2D eigenvalue weighted by Crippen LogP contribution is -2.18. The van der Waals surface area contributed by atoms with Gasteiger partial charge in [-0.1, -0.05) is 51.8 Å². The zero-order valence-corrected chi connectivity index (χ0v) is 14.3.